The first-order chi connectivity index (χ1) is 16.8. The Morgan fingerprint density at radius 2 is 1.85 bits per heavy atom. The minimum Gasteiger partial charge on any atom is -0.465 e. The van der Waals surface area contributed by atoms with Crippen LogP contribution >= 0.6 is 0 Å². The van der Waals surface area contributed by atoms with Gasteiger partial charge in [0, 0.05) is 11.5 Å². The van der Waals surface area contributed by atoms with E-state index >= 15 is 0 Å². The molecule has 0 N–H and O–H groups in total. The first-order valence-corrected chi connectivity index (χ1v) is 13.6. The molecule has 2 saturated carbocycles. The molecule has 2 aromatic rings. The minimum atomic E-state index is 0.197. The number of hydrogen-bond acceptors (Lipinski definition) is 2. The molecule has 4 atom stereocenters. The maximum Gasteiger partial charge on any atom is 0.131 e. The zero-order chi connectivity index (χ0) is 22.9. The number of ether oxygens (including phenoxy) is 2. The lowest BCUT2D eigenvalue weighted by Gasteiger charge is -2.48. The smallest absolute Gasteiger partial charge is 0.131 e. The topological polar surface area (TPSA) is 18.5 Å². The summed E-state index contributed by atoms with van der Waals surface area (Å²) in [6.45, 7) is 2.96. The summed E-state index contributed by atoms with van der Waals surface area (Å²) in [5, 5.41) is 2.59. The fraction of sp³-hybridized carbons (Fsp3) is 0.500. The lowest BCUT2D eigenvalue weighted by atomic mass is 9.58. The molecule has 178 valence electrons. The Bertz CT molecular complexity index is 1100. The molecule has 2 nitrogen and oxygen atoms in total. The third kappa shape index (κ3) is 4.05. The second-order valence-electron chi connectivity index (χ2n) is 10.9. The Morgan fingerprint density at radius 3 is 2.74 bits per heavy atom. The Kier molecular flexibility index (Phi) is 6.35. The fourth-order valence-electron chi connectivity index (χ4n) is 7.59. The highest BCUT2D eigenvalue weighted by Gasteiger charge is 2.46. The van der Waals surface area contributed by atoms with Gasteiger partial charge in [-0.25, -0.2) is 0 Å². The van der Waals surface area contributed by atoms with E-state index in [2.05, 4.69) is 61.5 Å². The lowest BCUT2D eigenvalue weighted by Crippen LogP contribution is -2.42. The minimum absolute atomic E-state index is 0.197. The molecule has 2 heteroatoms. The van der Waals surface area contributed by atoms with E-state index < -0.39 is 0 Å². The SMILES string of the molecule is CCCC1CCC(C2C[C@H]3OC/C=C\Oc4ccc5ccccc5c4[C@@H]3C3=CC=CCC32)CC1. The molecule has 0 spiro atoms. The van der Waals surface area contributed by atoms with Crippen molar-refractivity contribution in [2.75, 3.05) is 6.61 Å². The first kappa shape index (κ1) is 22.2. The van der Waals surface area contributed by atoms with Crippen LogP contribution < -0.4 is 4.74 Å². The summed E-state index contributed by atoms with van der Waals surface area (Å²) >= 11 is 0. The zero-order valence-corrected chi connectivity index (χ0v) is 20.5. The van der Waals surface area contributed by atoms with E-state index in [1.807, 2.05) is 12.3 Å². The molecule has 2 unspecified atom stereocenters. The van der Waals surface area contributed by atoms with Gasteiger partial charge >= 0.3 is 0 Å². The highest BCUT2D eigenvalue weighted by Crippen LogP contribution is 2.55. The Balaban J connectivity index is 1.40. The Morgan fingerprint density at radius 1 is 0.971 bits per heavy atom. The second-order valence-corrected chi connectivity index (χ2v) is 10.9. The molecule has 1 aliphatic heterocycles. The summed E-state index contributed by atoms with van der Waals surface area (Å²) in [7, 11) is 0. The van der Waals surface area contributed by atoms with Gasteiger partial charge in [0.1, 0.15) is 5.75 Å². The number of fused-ring (bicyclic) bond motifs is 7. The van der Waals surface area contributed by atoms with Gasteiger partial charge in [-0.3, -0.25) is 0 Å². The summed E-state index contributed by atoms with van der Waals surface area (Å²) in [4.78, 5) is 0. The summed E-state index contributed by atoms with van der Waals surface area (Å²) in [6.07, 6.45) is 21.9. The van der Waals surface area contributed by atoms with Crippen LogP contribution in [0.5, 0.6) is 5.75 Å². The van der Waals surface area contributed by atoms with E-state index in [4.69, 9.17) is 9.47 Å². The van der Waals surface area contributed by atoms with Crippen molar-refractivity contribution >= 4 is 10.8 Å². The average molecular weight is 455 g/mol. The molecular formula is C32H38O2. The van der Waals surface area contributed by atoms with Crippen molar-refractivity contribution in [3.05, 3.63) is 78.1 Å². The van der Waals surface area contributed by atoms with Crippen LogP contribution in [0.1, 0.15) is 69.8 Å². The van der Waals surface area contributed by atoms with Gasteiger partial charge in [0.25, 0.3) is 0 Å². The maximum absolute atomic E-state index is 6.67. The largest absolute Gasteiger partial charge is 0.465 e. The monoisotopic (exact) mass is 454 g/mol. The van der Waals surface area contributed by atoms with Crippen molar-refractivity contribution in [2.45, 2.75) is 70.3 Å². The number of allylic oxidation sites excluding steroid dienone is 3. The first-order valence-electron chi connectivity index (χ1n) is 13.6. The maximum atomic E-state index is 6.67. The molecule has 2 aromatic carbocycles. The van der Waals surface area contributed by atoms with Gasteiger partial charge < -0.3 is 9.47 Å². The van der Waals surface area contributed by atoms with Crippen molar-refractivity contribution in [1.29, 1.82) is 0 Å². The van der Waals surface area contributed by atoms with Gasteiger partial charge in [0.05, 0.1) is 19.0 Å². The van der Waals surface area contributed by atoms with Crippen LogP contribution in [0.3, 0.4) is 0 Å². The number of benzene rings is 2. The summed E-state index contributed by atoms with van der Waals surface area (Å²) in [5.41, 5.74) is 2.91. The van der Waals surface area contributed by atoms with E-state index in [1.54, 1.807) is 5.57 Å². The standard InChI is InChI=1S/C32H38O2/c1-2-8-22-13-15-24(16-14-22)28-21-30-32(27-12-6-5-11-26(27)28)31-25-10-4-3-9-23(25)17-18-29(31)33-19-7-20-34-30/h3-7,9-10,12,17-19,22,24,26,28,30,32H,2,8,11,13-16,20-21H2,1H3/b19-7-/t22?,24?,26?,28?,30-,32-/m1/s1. The zero-order valence-electron chi connectivity index (χ0n) is 20.5. The third-order valence-corrected chi connectivity index (χ3v) is 9.13. The average Bonchev–Trinajstić information content (AvgIpc) is 2.98. The quantitative estimate of drug-likeness (QED) is 0.464. The summed E-state index contributed by atoms with van der Waals surface area (Å²) < 4.78 is 12.9. The predicted octanol–water partition coefficient (Wildman–Crippen LogP) is 8.34. The predicted molar refractivity (Wildman–Crippen MR) is 140 cm³/mol. The molecule has 0 aromatic heterocycles. The lowest BCUT2D eigenvalue weighted by molar-refractivity contribution is -0.00339. The van der Waals surface area contributed by atoms with E-state index in [1.165, 1.54) is 67.7 Å². The Labute approximate surface area is 204 Å². The van der Waals surface area contributed by atoms with E-state index in [0.717, 1.165) is 23.5 Å². The van der Waals surface area contributed by atoms with Crippen LogP contribution in [-0.2, 0) is 4.74 Å². The van der Waals surface area contributed by atoms with Crippen molar-refractivity contribution in [1.82, 2.24) is 0 Å². The normalized spacial score (nSPS) is 33.9. The molecular weight excluding hydrogens is 416 g/mol. The van der Waals surface area contributed by atoms with E-state index in [-0.39, 0.29) is 12.0 Å². The summed E-state index contributed by atoms with van der Waals surface area (Å²) in [5.74, 6) is 4.39. The van der Waals surface area contributed by atoms with Crippen LogP contribution in [0.25, 0.3) is 10.8 Å². The van der Waals surface area contributed by atoms with Crippen molar-refractivity contribution < 1.29 is 9.47 Å². The molecule has 0 amide bonds. The van der Waals surface area contributed by atoms with Gasteiger partial charge in [-0.1, -0.05) is 86.7 Å². The molecule has 34 heavy (non-hydrogen) atoms. The number of hydrogen-bond donors (Lipinski definition) is 0. The molecule has 2 fully saturated rings. The highest BCUT2D eigenvalue weighted by atomic mass is 16.5. The molecule has 1 heterocycles. The van der Waals surface area contributed by atoms with E-state index in [0.29, 0.717) is 12.5 Å². The van der Waals surface area contributed by atoms with Gasteiger partial charge in [-0.05, 0) is 72.3 Å². The van der Waals surface area contributed by atoms with E-state index in [9.17, 15) is 0 Å². The third-order valence-electron chi connectivity index (χ3n) is 9.13. The Hall–Kier alpha value is -2.32. The van der Waals surface area contributed by atoms with Crippen LogP contribution in [-0.4, -0.2) is 12.7 Å². The van der Waals surface area contributed by atoms with Crippen LogP contribution in [0.2, 0.25) is 0 Å². The molecule has 0 radical (unpaired) electrons. The van der Waals surface area contributed by atoms with Crippen molar-refractivity contribution in [3.63, 3.8) is 0 Å². The number of rotatable bonds is 3. The van der Waals surface area contributed by atoms with Crippen LogP contribution in [0, 0.1) is 23.7 Å². The summed E-state index contributed by atoms with van der Waals surface area (Å²) in [6, 6.07) is 13.2. The molecule has 4 aliphatic rings. The second kappa shape index (κ2) is 9.74. The molecule has 6 rings (SSSR count). The van der Waals surface area contributed by atoms with Crippen molar-refractivity contribution in [3.8, 4) is 5.75 Å². The highest BCUT2D eigenvalue weighted by molar-refractivity contribution is 5.89. The van der Waals surface area contributed by atoms with Gasteiger partial charge in [0.2, 0.25) is 0 Å². The van der Waals surface area contributed by atoms with Crippen LogP contribution in [0.4, 0.5) is 0 Å². The van der Waals surface area contributed by atoms with Crippen LogP contribution in [0.15, 0.2) is 72.5 Å². The van der Waals surface area contributed by atoms with Crippen molar-refractivity contribution in [2.24, 2.45) is 23.7 Å². The van der Waals surface area contributed by atoms with Gasteiger partial charge in [-0.15, -0.1) is 0 Å². The van der Waals surface area contributed by atoms with Gasteiger partial charge in [0.15, 0.2) is 0 Å². The molecule has 0 saturated heterocycles. The van der Waals surface area contributed by atoms with Gasteiger partial charge in [-0.2, -0.15) is 0 Å². The molecule has 0 bridgehead atoms. The fourth-order valence-corrected chi connectivity index (χ4v) is 7.59. The molecule has 3 aliphatic carbocycles.